The van der Waals surface area contributed by atoms with Crippen molar-refractivity contribution in [1.29, 1.82) is 0 Å². The highest BCUT2D eigenvalue weighted by Crippen LogP contribution is 2.34. The Labute approximate surface area is 150 Å². The van der Waals surface area contributed by atoms with Crippen LogP contribution in [-0.2, 0) is 19.4 Å². The van der Waals surface area contributed by atoms with Gasteiger partial charge in [0.05, 0.1) is 36.3 Å². The van der Waals surface area contributed by atoms with Crippen LogP contribution in [0.3, 0.4) is 0 Å². The van der Waals surface area contributed by atoms with Gasteiger partial charge in [0, 0.05) is 5.70 Å². The summed E-state index contributed by atoms with van der Waals surface area (Å²) in [4.78, 5) is 26.3. The van der Waals surface area contributed by atoms with Crippen LogP contribution in [0.5, 0.6) is 0 Å². The molecule has 2 amide bonds. The number of carbonyl (C=O) groups is 2. The number of sulfone groups is 1. The van der Waals surface area contributed by atoms with Gasteiger partial charge in [-0.1, -0.05) is 12.1 Å². The molecule has 1 saturated heterocycles. The van der Waals surface area contributed by atoms with Gasteiger partial charge in [0.1, 0.15) is 5.82 Å². The van der Waals surface area contributed by atoms with Gasteiger partial charge in [0.25, 0.3) is 0 Å². The molecular weight excluding hydrogens is 363 g/mol. The number of ether oxygens (including phenoxy) is 1. The normalized spacial score (nSPS) is 25.2. The molecule has 0 radical (unpaired) electrons. The highest BCUT2D eigenvalue weighted by atomic mass is 32.2. The van der Waals surface area contributed by atoms with Crippen molar-refractivity contribution in [3.05, 3.63) is 46.9 Å². The number of allylic oxidation sites excluding steroid dienone is 1. The first-order chi connectivity index (χ1) is 12.2. The second-order valence-corrected chi connectivity index (χ2v) is 8.58. The van der Waals surface area contributed by atoms with Gasteiger partial charge in [-0.15, -0.1) is 0 Å². The predicted molar refractivity (Wildman–Crippen MR) is 91.3 cm³/mol. The first-order valence-electron chi connectivity index (χ1n) is 8.08. The minimum Gasteiger partial charge on any atom is -0.466 e. The van der Waals surface area contributed by atoms with Gasteiger partial charge in [0.2, 0.25) is 0 Å². The molecule has 1 aromatic rings. The number of amides is 2. The van der Waals surface area contributed by atoms with Crippen LogP contribution in [0.4, 0.5) is 9.18 Å². The summed E-state index contributed by atoms with van der Waals surface area (Å²) in [6.45, 7) is 1.57. The molecule has 2 aliphatic heterocycles. The number of urea groups is 1. The van der Waals surface area contributed by atoms with E-state index in [0.717, 1.165) is 0 Å². The number of hydrogen-bond acceptors (Lipinski definition) is 5. The Morgan fingerprint density at radius 1 is 1.38 bits per heavy atom. The molecule has 2 atom stereocenters. The maximum atomic E-state index is 13.6. The Morgan fingerprint density at radius 3 is 2.69 bits per heavy atom. The lowest BCUT2D eigenvalue weighted by Crippen LogP contribution is -2.52. The average Bonchev–Trinajstić information content (AvgIpc) is 2.93. The summed E-state index contributed by atoms with van der Waals surface area (Å²) in [5.41, 5.74) is 0.871. The Hall–Kier alpha value is -2.42. The van der Waals surface area contributed by atoms with E-state index in [1.165, 1.54) is 30.2 Å². The summed E-state index contributed by atoms with van der Waals surface area (Å²) < 4.78 is 42.0. The molecular formula is C17H19FN2O5S. The number of methoxy groups -OCH3 is 1. The standard InChI is InChI=1S/C17H19FN2O5S/c1-10-14(16(21)25-2)15(11-4-3-5-12(18)8-11)19-17(22)20(10)13-6-7-26(23,24)9-13/h3-5,8,13,15H,6-7,9H2,1-2H3,(H,19,22)/t13-,15+/m1/s1. The second-order valence-electron chi connectivity index (χ2n) is 6.36. The van der Waals surface area contributed by atoms with Gasteiger partial charge in [0.15, 0.2) is 9.84 Å². The van der Waals surface area contributed by atoms with E-state index in [9.17, 15) is 22.4 Å². The van der Waals surface area contributed by atoms with E-state index in [0.29, 0.717) is 17.7 Å². The summed E-state index contributed by atoms with van der Waals surface area (Å²) >= 11 is 0. The number of carbonyl (C=O) groups excluding carboxylic acids is 2. The van der Waals surface area contributed by atoms with E-state index >= 15 is 0 Å². The molecule has 140 valence electrons. The SMILES string of the molecule is COC(=O)C1=C(C)N([C@@H]2CCS(=O)(=O)C2)C(=O)N[C@H]1c1cccc(F)c1. The Bertz CT molecular complexity index is 896. The van der Waals surface area contributed by atoms with Crippen molar-refractivity contribution >= 4 is 21.8 Å². The predicted octanol–water partition coefficient (Wildman–Crippen LogP) is 1.53. The number of hydrogen-bond donors (Lipinski definition) is 1. The quantitative estimate of drug-likeness (QED) is 0.801. The third-order valence-electron chi connectivity index (χ3n) is 4.69. The summed E-state index contributed by atoms with van der Waals surface area (Å²) in [6, 6.07) is 3.63. The van der Waals surface area contributed by atoms with Crippen LogP contribution in [-0.4, -0.2) is 50.0 Å². The Kier molecular flexibility index (Phi) is 4.74. The highest BCUT2D eigenvalue weighted by molar-refractivity contribution is 7.91. The Balaban J connectivity index is 2.07. The number of benzene rings is 1. The molecule has 1 N–H and O–H groups in total. The number of nitrogens with one attached hydrogen (secondary N) is 1. The van der Waals surface area contributed by atoms with E-state index in [1.54, 1.807) is 13.0 Å². The van der Waals surface area contributed by atoms with E-state index < -0.39 is 39.7 Å². The summed E-state index contributed by atoms with van der Waals surface area (Å²) in [7, 11) is -2.00. The monoisotopic (exact) mass is 382 g/mol. The van der Waals surface area contributed by atoms with Gasteiger partial charge >= 0.3 is 12.0 Å². The van der Waals surface area contributed by atoms with Crippen LogP contribution in [0.2, 0.25) is 0 Å². The molecule has 1 fully saturated rings. The Morgan fingerprint density at radius 2 is 2.12 bits per heavy atom. The molecule has 2 heterocycles. The van der Waals surface area contributed by atoms with Gasteiger partial charge < -0.3 is 10.1 Å². The molecule has 0 spiro atoms. The fourth-order valence-corrected chi connectivity index (χ4v) is 5.19. The average molecular weight is 382 g/mol. The minimum atomic E-state index is -3.22. The van der Waals surface area contributed by atoms with Gasteiger partial charge in [-0.25, -0.2) is 22.4 Å². The molecule has 0 saturated carbocycles. The van der Waals surface area contributed by atoms with Crippen LogP contribution in [0, 0.1) is 5.82 Å². The minimum absolute atomic E-state index is 0.00436. The number of nitrogens with zero attached hydrogens (tertiary/aromatic N) is 1. The number of halogens is 1. The third kappa shape index (κ3) is 3.31. The number of rotatable bonds is 3. The largest absolute Gasteiger partial charge is 0.466 e. The fraction of sp³-hybridized carbons (Fsp3) is 0.412. The third-order valence-corrected chi connectivity index (χ3v) is 6.44. The maximum absolute atomic E-state index is 13.6. The van der Waals surface area contributed by atoms with Crippen LogP contribution < -0.4 is 5.32 Å². The number of esters is 1. The molecule has 1 aromatic carbocycles. The van der Waals surface area contributed by atoms with E-state index in [-0.39, 0.29) is 17.1 Å². The van der Waals surface area contributed by atoms with Crippen molar-refractivity contribution in [3.8, 4) is 0 Å². The molecule has 0 bridgehead atoms. The molecule has 2 aliphatic rings. The second kappa shape index (κ2) is 6.71. The molecule has 0 aromatic heterocycles. The summed E-state index contributed by atoms with van der Waals surface area (Å²) in [5.74, 6) is -1.32. The lowest BCUT2D eigenvalue weighted by Gasteiger charge is -2.38. The van der Waals surface area contributed by atoms with E-state index in [4.69, 9.17) is 4.74 Å². The highest BCUT2D eigenvalue weighted by Gasteiger charge is 2.42. The van der Waals surface area contributed by atoms with Crippen molar-refractivity contribution in [2.24, 2.45) is 0 Å². The molecule has 9 heteroatoms. The molecule has 0 aliphatic carbocycles. The van der Waals surface area contributed by atoms with Crippen molar-refractivity contribution in [1.82, 2.24) is 10.2 Å². The first-order valence-corrected chi connectivity index (χ1v) is 9.90. The lowest BCUT2D eigenvalue weighted by atomic mass is 9.94. The molecule has 26 heavy (non-hydrogen) atoms. The van der Waals surface area contributed by atoms with E-state index in [1.807, 2.05) is 0 Å². The zero-order valence-electron chi connectivity index (χ0n) is 14.4. The topological polar surface area (TPSA) is 92.8 Å². The molecule has 3 rings (SSSR count). The molecule has 7 nitrogen and oxygen atoms in total. The molecule has 0 unspecified atom stereocenters. The summed E-state index contributed by atoms with van der Waals surface area (Å²) in [5, 5.41) is 2.68. The van der Waals surface area contributed by atoms with Gasteiger partial charge in [-0.3, -0.25) is 4.90 Å². The smallest absolute Gasteiger partial charge is 0.337 e. The van der Waals surface area contributed by atoms with Crippen LogP contribution in [0.15, 0.2) is 35.5 Å². The first kappa shape index (κ1) is 18.4. The zero-order valence-corrected chi connectivity index (χ0v) is 15.2. The van der Waals surface area contributed by atoms with E-state index in [2.05, 4.69) is 5.32 Å². The van der Waals surface area contributed by atoms with Crippen molar-refractivity contribution in [2.45, 2.75) is 25.4 Å². The van der Waals surface area contributed by atoms with Crippen molar-refractivity contribution in [3.63, 3.8) is 0 Å². The van der Waals surface area contributed by atoms with Crippen LogP contribution >= 0.6 is 0 Å². The van der Waals surface area contributed by atoms with Gasteiger partial charge in [-0.05, 0) is 31.0 Å². The van der Waals surface area contributed by atoms with Gasteiger partial charge in [-0.2, -0.15) is 0 Å². The lowest BCUT2D eigenvalue weighted by molar-refractivity contribution is -0.136. The summed E-state index contributed by atoms with van der Waals surface area (Å²) in [6.07, 6.45) is 0.298. The fourth-order valence-electron chi connectivity index (χ4n) is 3.49. The van der Waals surface area contributed by atoms with Crippen LogP contribution in [0.1, 0.15) is 24.9 Å². The maximum Gasteiger partial charge on any atom is 0.337 e. The zero-order chi connectivity index (χ0) is 19.1. The van der Waals surface area contributed by atoms with Crippen LogP contribution in [0.25, 0.3) is 0 Å². The van der Waals surface area contributed by atoms with Crippen molar-refractivity contribution < 1.29 is 27.1 Å². The van der Waals surface area contributed by atoms with Crippen molar-refractivity contribution in [2.75, 3.05) is 18.6 Å².